The van der Waals surface area contributed by atoms with Crippen molar-refractivity contribution in [2.45, 2.75) is 73.0 Å². The Labute approximate surface area is 289 Å². The Kier molecular flexibility index (Phi) is 6.11. The van der Waals surface area contributed by atoms with Crippen LogP contribution in [-0.2, 0) is 42.8 Å². The summed E-state index contributed by atoms with van der Waals surface area (Å²) in [5.41, 5.74) is 4.00. The van der Waals surface area contributed by atoms with E-state index in [0.29, 0.717) is 25.7 Å². The smallest absolute Gasteiger partial charge is 0.247 e. The van der Waals surface area contributed by atoms with Gasteiger partial charge in [-0.15, -0.1) is 0 Å². The van der Waals surface area contributed by atoms with Gasteiger partial charge in [0.05, 0.1) is 10.8 Å². The quantitative estimate of drug-likeness (QED) is 0.260. The molecule has 4 amide bonds. The number of nitrogens with zero attached hydrogens (tertiary/aromatic N) is 2. The third-order valence-electron chi connectivity index (χ3n) is 12.3. The molecule has 6 aliphatic rings. The zero-order valence-corrected chi connectivity index (χ0v) is 27.2. The summed E-state index contributed by atoms with van der Waals surface area (Å²) in [4.78, 5) is 61.2. The summed E-state index contributed by atoms with van der Waals surface area (Å²) in [7, 11) is 0. The van der Waals surface area contributed by atoms with Crippen molar-refractivity contribution in [1.82, 2.24) is 20.4 Å². The summed E-state index contributed by atoms with van der Waals surface area (Å²) in [5.74, 6) is -0.632. The highest BCUT2D eigenvalue weighted by Crippen LogP contribution is 2.68. The minimum absolute atomic E-state index is 0.134. The normalized spacial score (nSPS) is 32.9. The number of hydrogen-bond acceptors (Lipinski definition) is 6. The van der Waals surface area contributed by atoms with Gasteiger partial charge in [-0.3, -0.25) is 19.2 Å². The molecule has 10 heteroatoms. The Hall–Kier alpha value is -5.64. The van der Waals surface area contributed by atoms with Crippen LogP contribution in [0.3, 0.4) is 0 Å². The van der Waals surface area contributed by atoms with E-state index in [1.54, 1.807) is 9.80 Å². The minimum Gasteiger partial charge on any atom is -0.364 e. The first-order valence-electron chi connectivity index (χ1n) is 17.5. The molecule has 6 aliphatic heterocycles. The molecule has 4 aromatic carbocycles. The van der Waals surface area contributed by atoms with Gasteiger partial charge in [-0.05, 0) is 47.2 Å². The van der Waals surface area contributed by atoms with Crippen molar-refractivity contribution in [3.8, 4) is 0 Å². The average molecular weight is 665 g/mol. The predicted molar refractivity (Wildman–Crippen MR) is 186 cm³/mol. The lowest BCUT2D eigenvalue weighted by Crippen LogP contribution is -2.67. The second kappa shape index (κ2) is 10.4. The van der Waals surface area contributed by atoms with Crippen LogP contribution in [-0.4, -0.2) is 69.9 Å². The first-order chi connectivity index (χ1) is 24.4. The third kappa shape index (κ3) is 3.73. The zero-order chi connectivity index (χ0) is 33.8. The highest BCUT2D eigenvalue weighted by molar-refractivity contribution is 6.01. The molecule has 0 radical (unpaired) electrons. The molecule has 250 valence electrons. The molecule has 4 aromatic rings. The van der Waals surface area contributed by atoms with Gasteiger partial charge in [0.25, 0.3) is 0 Å². The molecule has 8 atom stereocenters. The van der Waals surface area contributed by atoms with E-state index in [0.717, 1.165) is 33.6 Å². The molecule has 0 bridgehead atoms. The van der Waals surface area contributed by atoms with Gasteiger partial charge in [-0.1, -0.05) is 97.1 Å². The summed E-state index contributed by atoms with van der Waals surface area (Å²) >= 11 is 0. The summed E-state index contributed by atoms with van der Waals surface area (Å²) in [5, 5.41) is 13.6. The fraction of sp³-hybridized carbons (Fsp3) is 0.300. The lowest BCUT2D eigenvalue weighted by atomic mass is 9.54. The molecule has 4 fully saturated rings. The Morgan fingerprint density at radius 2 is 0.880 bits per heavy atom. The molecule has 4 saturated heterocycles. The van der Waals surface area contributed by atoms with E-state index < -0.39 is 47.3 Å². The number of fused-ring (bicyclic) bond motifs is 11. The summed E-state index contributed by atoms with van der Waals surface area (Å²) < 4.78 is 0. The number of carbonyl (C=O) groups excluding carboxylic acids is 4. The van der Waals surface area contributed by atoms with E-state index in [4.69, 9.17) is 0 Å². The molecule has 10 nitrogen and oxygen atoms in total. The van der Waals surface area contributed by atoms with Gasteiger partial charge in [0.1, 0.15) is 36.5 Å². The number of carbonyl (C=O) groups is 4. The van der Waals surface area contributed by atoms with Gasteiger partial charge < -0.3 is 31.1 Å². The van der Waals surface area contributed by atoms with Gasteiger partial charge in [0.15, 0.2) is 0 Å². The molecule has 0 aromatic heterocycles. The van der Waals surface area contributed by atoms with Crippen molar-refractivity contribution in [2.24, 2.45) is 0 Å². The SMILES string of the molecule is O=C1N[C@@H](Cc2ccccc2)C(=O)N2[C@H]3Nc4ccccc4[C@]3([C@@]34C[C@H]5C(=O)N[C@@H](Cc6ccccc6)C(=O)N5[C@H]3Nc3ccccc34)C[C@@H]12. The lowest BCUT2D eigenvalue weighted by molar-refractivity contribution is -0.149. The van der Waals surface area contributed by atoms with Crippen LogP contribution in [0.2, 0.25) is 0 Å². The second-order valence-electron chi connectivity index (χ2n) is 14.6. The number of amides is 4. The van der Waals surface area contributed by atoms with Gasteiger partial charge in [0.2, 0.25) is 23.6 Å². The molecule has 0 aliphatic carbocycles. The number of benzene rings is 4. The van der Waals surface area contributed by atoms with Crippen LogP contribution >= 0.6 is 0 Å². The van der Waals surface area contributed by atoms with E-state index in [1.807, 2.05) is 97.1 Å². The summed E-state index contributed by atoms with van der Waals surface area (Å²) in [6.45, 7) is 0. The monoisotopic (exact) mass is 664 g/mol. The van der Waals surface area contributed by atoms with Crippen LogP contribution in [0.15, 0.2) is 109 Å². The van der Waals surface area contributed by atoms with Crippen molar-refractivity contribution in [1.29, 1.82) is 0 Å². The van der Waals surface area contributed by atoms with E-state index >= 15 is 0 Å². The van der Waals surface area contributed by atoms with Crippen molar-refractivity contribution < 1.29 is 19.2 Å². The van der Waals surface area contributed by atoms with Crippen molar-refractivity contribution in [3.05, 3.63) is 131 Å². The Morgan fingerprint density at radius 3 is 1.30 bits per heavy atom. The first-order valence-corrected chi connectivity index (χ1v) is 17.5. The van der Waals surface area contributed by atoms with E-state index in [1.165, 1.54) is 0 Å². The van der Waals surface area contributed by atoms with Gasteiger partial charge >= 0.3 is 0 Å². The van der Waals surface area contributed by atoms with Crippen molar-refractivity contribution >= 4 is 35.0 Å². The number of hydrogen-bond donors (Lipinski definition) is 4. The van der Waals surface area contributed by atoms with Crippen LogP contribution in [0.25, 0.3) is 0 Å². The van der Waals surface area contributed by atoms with E-state index in [9.17, 15) is 19.2 Å². The number of anilines is 2. The molecule has 4 N–H and O–H groups in total. The van der Waals surface area contributed by atoms with Gasteiger partial charge in [0, 0.05) is 24.2 Å². The Bertz CT molecular complexity index is 1940. The number of nitrogens with one attached hydrogen (secondary N) is 4. The Balaban J connectivity index is 1.13. The molecule has 10 rings (SSSR count). The van der Waals surface area contributed by atoms with E-state index in [2.05, 4.69) is 33.4 Å². The third-order valence-corrected chi connectivity index (χ3v) is 12.3. The van der Waals surface area contributed by atoms with Crippen LogP contribution in [0.4, 0.5) is 11.4 Å². The van der Waals surface area contributed by atoms with Crippen LogP contribution in [0, 0.1) is 0 Å². The predicted octanol–water partition coefficient (Wildman–Crippen LogP) is 3.05. The summed E-state index contributed by atoms with van der Waals surface area (Å²) in [6.07, 6.45) is 0.273. The maximum absolute atomic E-state index is 14.6. The van der Waals surface area contributed by atoms with Crippen molar-refractivity contribution in [2.75, 3.05) is 10.6 Å². The number of piperazine rings is 2. The average Bonchev–Trinajstić information content (AvgIpc) is 3.85. The van der Waals surface area contributed by atoms with Crippen LogP contribution in [0.1, 0.15) is 35.1 Å². The topological polar surface area (TPSA) is 123 Å². The Morgan fingerprint density at radius 1 is 0.500 bits per heavy atom. The van der Waals surface area contributed by atoms with Crippen molar-refractivity contribution in [3.63, 3.8) is 0 Å². The number of rotatable bonds is 5. The minimum atomic E-state index is -0.861. The molecular formula is C40H36N6O4. The van der Waals surface area contributed by atoms with Crippen LogP contribution in [0.5, 0.6) is 0 Å². The lowest BCUT2D eigenvalue weighted by Gasteiger charge is -2.48. The maximum atomic E-state index is 14.6. The molecule has 0 unspecified atom stereocenters. The summed E-state index contributed by atoms with van der Waals surface area (Å²) in [6, 6.07) is 32.8. The highest BCUT2D eigenvalue weighted by Gasteiger charge is 2.78. The molecular weight excluding hydrogens is 628 g/mol. The fourth-order valence-corrected chi connectivity index (χ4v) is 10.4. The molecule has 6 heterocycles. The largest absolute Gasteiger partial charge is 0.364 e. The molecule has 50 heavy (non-hydrogen) atoms. The molecule has 0 spiro atoms. The number of para-hydroxylation sites is 2. The first kappa shape index (κ1) is 29.3. The second-order valence-corrected chi connectivity index (χ2v) is 14.6. The molecule has 0 saturated carbocycles. The van der Waals surface area contributed by atoms with Crippen LogP contribution < -0.4 is 21.3 Å². The maximum Gasteiger partial charge on any atom is 0.247 e. The highest BCUT2D eigenvalue weighted by atomic mass is 16.2. The van der Waals surface area contributed by atoms with Gasteiger partial charge in [-0.2, -0.15) is 0 Å². The van der Waals surface area contributed by atoms with Gasteiger partial charge in [-0.25, -0.2) is 0 Å². The zero-order valence-electron chi connectivity index (χ0n) is 27.2. The fourth-order valence-electron chi connectivity index (χ4n) is 10.4. The standard InChI is InChI=1S/C40H36N6O4/c47-33-31-21-39(25-15-7-9-17-27(25)43-37(39)45(31)35(49)29(41-33)19-23-11-3-1-4-12-23)40-22-32-34(48)42-30(20-24-13-5-2-6-14-24)36(50)46(32)38(40)44-28-18-10-8-16-26(28)40/h1-18,29-32,37-38,43-44H,19-22H2,(H,41,47)(H,42,48)/t29-,30-,31-,32-,37+,38+,39+,40+/m0/s1. The van der Waals surface area contributed by atoms with E-state index in [-0.39, 0.29) is 23.6 Å².